The SMILES string of the molecule is CCOc1cc(NC(=O)OC(C)(C)C)ncc1Br. The minimum atomic E-state index is -0.542. The summed E-state index contributed by atoms with van der Waals surface area (Å²) in [5.74, 6) is 1.01. The van der Waals surface area contributed by atoms with Crippen LogP contribution in [0, 0.1) is 0 Å². The van der Waals surface area contributed by atoms with E-state index in [9.17, 15) is 4.79 Å². The fourth-order valence-electron chi connectivity index (χ4n) is 1.16. The van der Waals surface area contributed by atoms with Crippen LogP contribution in [-0.2, 0) is 4.74 Å². The van der Waals surface area contributed by atoms with E-state index in [0.29, 0.717) is 18.2 Å². The van der Waals surface area contributed by atoms with Gasteiger partial charge in [0.15, 0.2) is 0 Å². The second-order valence-electron chi connectivity index (χ2n) is 4.56. The molecule has 0 aromatic carbocycles. The molecule has 1 amide bonds. The summed E-state index contributed by atoms with van der Waals surface area (Å²) in [6.45, 7) is 7.82. The lowest BCUT2D eigenvalue weighted by atomic mass is 10.2. The van der Waals surface area contributed by atoms with Crippen LogP contribution in [0.3, 0.4) is 0 Å². The maximum atomic E-state index is 11.6. The molecule has 18 heavy (non-hydrogen) atoms. The summed E-state index contributed by atoms with van der Waals surface area (Å²) in [6, 6.07) is 1.64. The van der Waals surface area contributed by atoms with Crippen molar-refractivity contribution in [2.45, 2.75) is 33.3 Å². The summed E-state index contributed by atoms with van der Waals surface area (Å²) < 4.78 is 11.2. The third-order valence-electron chi connectivity index (χ3n) is 1.75. The van der Waals surface area contributed by atoms with E-state index in [0.717, 1.165) is 4.47 Å². The second-order valence-corrected chi connectivity index (χ2v) is 5.41. The molecular formula is C12H17BrN2O3. The first-order chi connectivity index (χ1) is 8.31. The van der Waals surface area contributed by atoms with Crippen LogP contribution in [0.1, 0.15) is 27.7 Å². The van der Waals surface area contributed by atoms with Crippen LogP contribution < -0.4 is 10.1 Å². The molecule has 0 aliphatic carbocycles. The Balaban J connectivity index is 2.73. The summed E-state index contributed by atoms with van der Waals surface area (Å²) >= 11 is 3.32. The molecule has 0 unspecified atom stereocenters. The molecule has 0 aliphatic heterocycles. The fourth-order valence-corrected chi connectivity index (χ4v) is 1.49. The maximum Gasteiger partial charge on any atom is 0.413 e. The van der Waals surface area contributed by atoms with Crippen molar-refractivity contribution in [1.82, 2.24) is 4.98 Å². The summed E-state index contributed by atoms with van der Waals surface area (Å²) in [6.07, 6.45) is 1.03. The van der Waals surface area contributed by atoms with Crippen molar-refractivity contribution in [1.29, 1.82) is 0 Å². The Bertz CT molecular complexity index is 430. The van der Waals surface area contributed by atoms with Gasteiger partial charge in [-0.2, -0.15) is 0 Å². The molecule has 6 heteroatoms. The largest absolute Gasteiger partial charge is 0.492 e. The zero-order valence-electron chi connectivity index (χ0n) is 10.9. The Morgan fingerprint density at radius 2 is 2.17 bits per heavy atom. The Hall–Kier alpha value is -1.30. The first kappa shape index (κ1) is 14.8. The lowest BCUT2D eigenvalue weighted by molar-refractivity contribution is 0.0635. The number of carbonyl (C=O) groups excluding carboxylic acids is 1. The van der Waals surface area contributed by atoms with E-state index >= 15 is 0 Å². The van der Waals surface area contributed by atoms with Crippen LogP contribution in [0.2, 0.25) is 0 Å². The molecule has 0 fully saturated rings. The molecule has 1 heterocycles. The van der Waals surface area contributed by atoms with E-state index in [4.69, 9.17) is 9.47 Å². The highest BCUT2D eigenvalue weighted by molar-refractivity contribution is 9.10. The number of pyridine rings is 1. The minimum absolute atomic E-state index is 0.385. The van der Waals surface area contributed by atoms with Crippen molar-refractivity contribution in [2.75, 3.05) is 11.9 Å². The van der Waals surface area contributed by atoms with E-state index in [2.05, 4.69) is 26.2 Å². The number of ether oxygens (including phenoxy) is 2. The first-order valence-corrected chi connectivity index (χ1v) is 6.39. The molecule has 0 atom stereocenters. The molecule has 0 radical (unpaired) electrons. The van der Waals surface area contributed by atoms with Crippen LogP contribution in [0.25, 0.3) is 0 Å². The van der Waals surface area contributed by atoms with Gasteiger partial charge in [-0.3, -0.25) is 5.32 Å². The predicted molar refractivity (Wildman–Crippen MR) is 73.0 cm³/mol. The number of hydrogen-bond acceptors (Lipinski definition) is 4. The Kier molecular flexibility index (Phi) is 4.95. The Morgan fingerprint density at radius 3 is 2.72 bits per heavy atom. The molecule has 1 aromatic rings. The number of nitrogens with one attached hydrogen (secondary N) is 1. The topological polar surface area (TPSA) is 60.5 Å². The average Bonchev–Trinajstić information content (AvgIpc) is 2.20. The van der Waals surface area contributed by atoms with Gasteiger partial charge in [-0.05, 0) is 43.6 Å². The number of hydrogen-bond donors (Lipinski definition) is 1. The second kappa shape index (κ2) is 6.04. The van der Waals surface area contributed by atoms with Gasteiger partial charge in [0.25, 0.3) is 0 Å². The number of anilines is 1. The van der Waals surface area contributed by atoms with Gasteiger partial charge in [-0.1, -0.05) is 0 Å². The van der Waals surface area contributed by atoms with Gasteiger partial charge in [0.1, 0.15) is 17.2 Å². The van der Waals surface area contributed by atoms with E-state index in [1.807, 2.05) is 6.92 Å². The van der Waals surface area contributed by atoms with Crippen molar-refractivity contribution in [3.05, 3.63) is 16.7 Å². The molecular weight excluding hydrogens is 300 g/mol. The minimum Gasteiger partial charge on any atom is -0.492 e. The molecule has 0 saturated carbocycles. The summed E-state index contributed by atoms with van der Waals surface area (Å²) in [7, 11) is 0. The van der Waals surface area contributed by atoms with E-state index in [1.165, 1.54) is 0 Å². The van der Waals surface area contributed by atoms with E-state index < -0.39 is 11.7 Å². The van der Waals surface area contributed by atoms with Crippen molar-refractivity contribution in [3.8, 4) is 5.75 Å². The first-order valence-electron chi connectivity index (χ1n) is 5.60. The van der Waals surface area contributed by atoms with Gasteiger partial charge in [-0.15, -0.1) is 0 Å². The van der Waals surface area contributed by atoms with Crippen LogP contribution in [0.15, 0.2) is 16.7 Å². The third kappa shape index (κ3) is 4.91. The molecule has 0 spiro atoms. The fraction of sp³-hybridized carbons (Fsp3) is 0.500. The monoisotopic (exact) mass is 316 g/mol. The number of amides is 1. The molecule has 1 N–H and O–H groups in total. The van der Waals surface area contributed by atoms with Gasteiger partial charge in [0, 0.05) is 12.3 Å². The van der Waals surface area contributed by atoms with E-state index in [-0.39, 0.29) is 0 Å². The molecule has 1 aromatic heterocycles. The van der Waals surface area contributed by atoms with Crippen LogP contribution >= 0.6 is 15.9 Å². The van der Waals surface area contributed by atoms with Crippen molar-refractivity contribution >= 4 is 27.8 Å². The molecule has 5 nitrogen and oxygen atoms in total. The summed E-state index contributed by atoms with van der Waals surface area (Å²) in [5.41, 5.74) is -0.539. The number of nitrogens with zero attached hydrogens (tertiary/aromatic N) is 1. The lowest BCUT2D eigenvalue weighted by Gasteiger charge is -2.19. The Morgan fingerprint density at radius 1 is 1.50 bits per heavy atom. The smallest absolute Gasteiger partial charge is 0.413 e. The van der Waals surface area contributed by atoms with Crippen LogP contribution in [0.5, 0.6) is 5.75 Å². The van der Waals surface area contributed by atoms with Crippen LogP contribution in [-0.4, -0.2) is 23.3 Å². The van der Waals surface area contributed by atoms with Gasteiger partial charge in [0.05, 0.1) is 11.1 Å². The van der Waals surface area contributed by atoms with Crippen molar-refractivity contribution < 1.29 is 14.3 Å². The summed E-state index contributed by atoms with van der Waals surface area (Å²) in [4.78, 5) is 15.6. The normalized spacial score (nSPS) is 10.9. The lowest BCUT2D eigenvalue weighted by Crippen LogP contribution is -2.27. The highest BCUT2D eigenvalue weighted by Gasteiger charge is 2.17. The highest BCUT2D eigenvalue weighted by atomic mass is 79.9. The van der Waals surface area contributed by atoms with Crippen molar-refractivity contribution in [2.24, 2.45) is 0 Å². The molecule has 100 valence electrons. The number of halogens is 1. The molecule has 0 saturated heterocycles. The predicted octanol–water partition coefficient (Wildman–Crippen LogP) is 3.59. The third-order valence-corrected chi connectivity index (χ3v) is 2.34. The molecule has 0 aliphatic rings. The molecule has 0 bridgehead atoms. The number of aromatic nitrogens is 1. The number of rotatable bonds is 3. The summed E-state index contributed by atoms with van der Waals surface area (Å²) in [5, 5.41) is 2.55. The maximum absolute atomic E-state index is 11.6. The molecule has 1 rings (SSSR count). The quantitative estimate of drug-likeness (QED) is 0.925. The van der Waals surface area contributed by atoms with Crippen LogP contribution in [0.4, 0.5) is 10.6 Å². The van der Waals surface area contributed by atoms with Gasteiger partial charge in [-0.25, -0.2) is 9.78 Å². The Labute approximate surface area is 115 Å². The van der Waals surface area contributed by atoms with E-state index in [1.54, 1.807) is 33.0 Å². The van der Waals surface area contributed by atoms with Gasteiger partial charge in [0.2, 0.25) is 0 Å². The zero-order chi connectivity index (χ0) is 13.8. The standard InChI is InChI=1S/C12H17BrN2O3/c1-5-17-9-6-10(14-7-8(9)13)15-11(16)18-12(2,3)4/h6-7H,5H2,1-4H3,(H,14,15,16). The average molecular weight is 317 g/mol. The van der Waals surface area contributed by atoms with Crippen molar-refractivity contribution in [3.63, 3.8) is 0 Å². The van der Waals surface area contributed by atoms with Gasteiger partial charge >= 0.3 is 6.09 Å². The number of carbonyl (C=O) groups is 1. The highest BCUT2D eigenvalue weighted by Crippen LogP contribution is 2.26. The zero-order valence-corrected chi connectivity index (χ0v) is 12.5. The van der Waals surface area contributed by atoms with Gasteiger partial charge < -0.3 is 9.47 Å².